The van der Waals surface area contributed by atoms with Gasteiger partial charge in [0.15, 0.2) is 11.2 Å². The molecule has 1 aromatic carbocycles. The minimum absolute atomic E-state index is 0.0828. The van der Waals surface area contributed by atoms with Crippen LogP contribution in [0.4, 0.5) is 0 Å². The molecule has 3 heterocycles. The molecule has 1 fully saturated rings. The highest BCUT2D eigenvalue weighted by Gasteiger charge is 2.30. The van der Waals surface area contributed by atoms with Gasteiger partial charge in [0.25, 0.3) is 5.56 Å². The van der Waals surface area contributed by atoms with E-state index in [-0.39, 0.29) is 31.1 Å². The van der Waals surface area contributed by atoms with E-state index in [1.54, 1.807) is 18.0 Å². The minimum Gasteiger partial charge on any atom is -0.383 e. The van der Waals surface area contributed by atoms with Gasteiger partial charge in [0.2, 0.25) is 5.91 Å². The van der Waals surface area contributed by atoms with Crippen LogP contribution in [0.5, 0.6) is 0 Å². The number of aromatic nitrogens is 4. The Labute approximate surface area is 192 Å². The summed E-state index contributed by atoms with van der Waals surface area (Å²) in [6, 6.07) is 9.69. The maximum atomic E-state index is 13.5. The summed E-state index contributed by atoms with van der Waals surface area (Å²) in [5, 5.41) is 0. The van der Waals surface area contributed by atoms with Gasteiger partial charge in [-0.3, -0.25) is 14.2 Å². The third-order valence-corrected chi connectivity index (χ3v) is 6.48. The summed E-state index contributed by atoms with van der Waals surface area (Å²) in [6.07, 6.45) is 4.46. The summed E-state index contributed by atoms with van der Waals surface area (Å²) in [5.74, 6) is -0.206. The fourth-order valence-corrected chi connectivity index (χ4v) is 4.78. The van der Waals surface area contributed by atoms with E-state index in [0.717, 1.165) is 29.4 Å². The average molecular weight is 454 g/mol. The Hall–Kier alpha value is -3.20. The van der Waals surface area contributed by atoms with Crippen LogP contribution in [0.1, 0.15) is 38.7 Å². The number of amides is 1. The molecular formula is C24H31N5O4. The number of hydrogen-bond donors (Lipinski definition) is 0. The molecule has 4 rings (SSSR count). The van der Waals surface area contributed by atoms with Crippen LogP contribution in [0, 0.1) is 0 Å². The van der Waals surface area contributed by atoms with Crippen LogP contribution in [-0.2, 0) is 29.2 Å². The Kier molecular flexibility index (Phi) is 6.78. The van der Waals surface area contributed by atoms with E-state index in [4.69, 9.17) is 4.74 Å². The lowest BCUT2D eigenvalue weighted by Crippen LogP contribution is -2.51. The number of fused-ring (bicyclic) bond motifs is 1. The van der Waals surface area contributed by atoms with Crippen molar-refractivity contribution in [3.8, 4) is 0 Å². The van der Waals surface area contributed by atoms with Gasteiger partial charge in [-0.25, -0.2) is 14.3 Å². The van der Waals surface area contributed by atoms with E-state index in [2.05, 4.69) is 4.98 Å². The predicted molar refractivity (Wildman–Crippen MR) is 125 cm³/mol. The molecule has 2 aromatic heterocycles. The van der Waals surface area contributed by atoms with Crippen molar-refractivity contribution in [2.75, 3.05) is 13.7 Å². The highest BCUT2D eigenvalue weighted by molar-refractivity contribution is 5.77. The minimum atomic E-state index is -0.529. The van der Waals surface area contributed by atoms with Crippen molar-refractivity contribution in [3.63, 3.8) is 0 Å². The first kappa shape index (κ1) is 23.0. The highest BCUT2D eigenvalue weighted by Crippen LogP contribution is 2.22. The summed E-state index contributed by atoms with van der Waals surface area (Å²) < 4.78 is 9.39. The SMILES string of the molecule is COCCn1cnc2c1c(=O)n(CC(=O)N1C(C)CCCC1C)c(=O)n2Cc1ccccc1. The first-order chi connectivity index (χ1) is 15.9. The fraction of sp³-hybridized carbons (Fsp3) is 0.500. The molecule has 0 spiro atoms. The Balaban J connectivity index is 1.82. The third kappa shape index (κ3) is 4.50. The number of carbonyl (C=O) groups excluding carboxylic acids is 1. The normalized spacial score (nSPS) is 18.7. The maximum Gasteiger partial charge on any atom is 0.333 e. The lowest BCUT2D eigenvalue weighted by atomic mass is 9.97. The molecule has 9 heteroatoms. The molecule has 0 N–H and O–H groups in total. The van der Waals surface area contributed by atoms with Crippen molar-refractivity contribution in [1.82, 2.24) is 23.6 Å². The number of hydrogen-bond acceptors (Lipinski definition) is 5. The van der Waals surface area contributed by atoms with Crippen molar-refractivity contribution < 1.29 is 9.53 Å². The topological polar surface area (TPSA) is 91.4 Å². The second kappa shape index (κ2) is 9.74. The Bertz CT molecular complexity index is 1230. The van der Waals surface area contributed by atoms with Crippen molar-refractivity contribution >= 4 is 17.1 Å². The molecule has 0 aliphatic carbocycles. The Morgan fingerprint density at radius 2 is 1.79 bits per heavy atom. The number of benzene rings is 1. The van der Waals surface area contributed by atoms with Gasteiger partial charge >= 0.3 is 5.69 Å². The maximum absolute atomic E-state index is 13.5. The quantitative estimate of drug-likeness (QED) is 0.545. The molecule has 1 aliphatic heterocycles. The zero-order valence-corrected chi connectivity index (χ0v) is 19.4. The van der Waals surface area contributed by atoms with E-state index in [1.807, 2.05) is 49.1 Å². The molecule has 1 amide bonds. The largest absolute Gasteiger partial charge is 0.383 e. The van der Waals surface area contributed by atoms with Crippen molar-refractivity contribution in [3.05, 3.63) is 63.1 Å². The number of ether oxygens (including phenoxy) is 1. The van der Waals surface area contributed by atoms with Crippen LogP contribution in [-0.4, -0.2) is 55.3 Å². The summed E-state index contributed by atoms with van der Waals surface area (Å²) >= 11 is 0. The van der Waals surface area contributed by atoms with Gasteiger partial charge in [-0.1, -0.05) is 30.3 Å². The van der Waals surface area contributed by atoms with Crippen LogP contribution < -0.4 is 11.2 Å². The molecule has 1 saturated heterocycles. The Morgan fingerprint density at radius 3 is 2.45 bits per heavy atom. The number of methoxy groups -OCH3 is 1. The lowest BCUT2D eigenvalue weighted by molar-refractivity contribution is -0.138. The van der Waals surface area contributed by atoms with Crippen molar-refractivity contribution in [2.45, 2.75) is 64.8 Å². The molecule has 9 nitrogen and oxygen atoms in total. The van der Waals surface area contributed by atoms with Crippen LogP contribution >= 0.6 is 0 Å². The fourth-order valence-electron chi connectivity index (χ4n) is 4.78. The number of imidazole rings is 1. The number of likely N-dealkylation sites (tertiary alicyclic amines) is 1. The molecule has 1 aliphatic rings. The van der Waals surface area contributed by atoms with Crippen LogP contribution in [0.2, 0.25) is 0 Å². The van der Waals surface area contributed by atoms with Gasteiger partial charge in [0, 0.05) is 25.7 Å². The molecule has 0 bridgehead atoms. The third-order valence-electron chi connectivity index (χ3n) is 6.48. The first-order valence-corrected chi connectivity index (χ1v) is 11.4. The number of piperidine rings is 1. The molecule has 33 heavy (non-hydrogen) atoms. The number of rotatable bonds is 7. The van der Waals surface area contributed by atoms with E-state index < -0.39 is 11.2 Å². The van der Waals surface area contributed by atoms with Gasteiger partial charge in [0.1, 0.15) is 6.54 Å². The molecule has 176 valence electrons. The monoisotopic (exact) mass is 453 g/mol. The van der Waals surface area contributed by atoms with Gasteiger partial charge < -0.3 is 14.2 Å². The average Bonchev–Trinajstić information content (AvgIpc) is 3.22. The standard InChI is InChI=1S/C24H31N5O4/c1-17-8-7-9-18(2)29(17)20(30)15-28-23(31)21-22(25-16-26(21)12-13-33-3)27(24(28)32)14-19-10-5-4-6-11-19/h4-6,10-11,16-18H,7-9,12-15H2,1-3H3. The van der Waals surface area contributed by atoms with E-state index >= 15 is 0 Å². The van der Waals surface area contributed by atoms with Gasteiger partial charge in [-0.2, -0.15) is 0 Å². The smallest absolute Gasteiger partial charge is 0.333 e. The van der Waals surface area contributed by atoms with Crippen molar-refractivity contribution in [2.24, 2.45) is 0 Å². The zero-order chi connectivity index (χ0) is 23.5. The highest BCUT2D eigenvalue weighted by atomic mass is 16.5. The number of carbonyl (C=O) groups is 1. The van der Waals surface area contributed by atoms with E-state index in [9.17, 15) is 14.4 Å². The molecule has 0 radical (unpaired) electrons. The van der Waals surface area contributed by atoms with Gasteiger partial charge in [-0.05, 0) is 38.7 Å². The lowest BCUT2D eigenvalue weighted by Gasteiger charge is -2.39. The molecule has 3 aromatic rings. The zero-order valence-electron chi connectivity index (χ0n) is 19.4. The van der Waals surface area contributed by atoms with Crippen molar-refractivity contribution in [1.29, 1.82) is 0 Å². The second-order valence-electron chi connectivity index (χ2n) is 8.78. The number of nitrogens with zero attached hydrogens (tertiary/aromatic N) is 5. The molecular weight excluding hydrogens is 422 g/mol. The van der Waals surface area contributed by atoms with E-state index in [1.165, 1.54) is 4.57 Å². The van der Waals surface area contributed by atoms with Gasteiger partial charge in [-0.15, -0.1) is 0 Å². The van der Waals surface area contributed by atoms with Crippen LogP contribution in [0.15, 0.2) is 46.2 Å². The summed E-state index contributed by atoms with van der Waals surface area (Å²) in [4.78, 5) is 46.4. The first-order valence-electron chi connectivity index (χ1n) is 11.4. The molecule has 2 atom stereocenters. The van der Waals surface area contributed by atoms with Gasteiger partial charge in [0.05, 0.1) is 19.5 Å². The summed E-state index contributed by atoms with van der Waals surface area (Å²) in [5.41, 5.74) is 0.489. The predicted octanol–water partition coefficient (Wildman–Crippen LogP) is 1.84. The van der Waals surface area contributed by atoms with E-state index in [0.29, 0.717) is 24.3 Å². The molecule has 0 saturated carbocycles. The summed E-state index contributed by atoms with van der Waals surface area (Å²) in [6.45, 7) is 4.82. The Morgan fingerprint density at radius 1 is 1.09 bits per heavy atom. The molecule has 2 unspecified atom stereocenters. The second-order valence-corrected chi connectivity index (χ2v) is 8.78. The van der Waals surface area contributed by atoms with Crippen LogP contribution in [0.25, 0.3) is 11.2 Å². The summed E-state index contributed by atoms with van der Waals surface area (Å²) in [7, 11) is 1.59. The van der Waals surface area contributed by atoms with Crippen LogP contribution in [0.3, 0.4) is 0 Å².